The van der Waals surface area contributed by atoms with E-state index in [4.69, 9.17) is 0 Å². The lowest BCUT2D eigenvalue weighted by molar-refractivity contribution is -0.120. The Morgan fingerprint density at radius 3 is 2.93 bits per heavy atom. The van der Waals surface area contributed by atoms with Crippen molar-refractivity contribution in [1.82, 2.24) is 20.2 Å². The molecule has 0 spiro atoms. The molecular weight excluding hydrogens is 436 g/mol. The standard InChI is InChI=1S/C21H22N4O2S3/c1-13-17(9-23-19(26)7-14-4-6-29-11-14)16-3-5-25(10-15(16)8-22-13)20(27)18-12-30-21(24-18)28-2/h4,6,8,11-12H,3,5,7,9-10H2,1-2H3,(H,23,26). The van der Waals surface area contributed by atoms with Crippen molar-refractivity contribution in [3.63, 3.8) is 0 Å². The summed E-state index contributed by atoms with van der Waals surface area (Å²) in [6.07, 6.45) is 4.95. The Morgan fingerprint density at radius 2 is 2.20 bits per heavy atom. The first-order valence-corrected chi connectivity index (χ1v) is 12.6. The van der Waals surface area contributed by atoms with Crippen LogP contribution in [-0.4, -0.2) is 39.5 Å². The molecule has 1 N–H and O–H groups in total. The van der Waals surface area contributed by atoms with Crippen LogP contribution in [0.1, 0.15) is 38.4 Å². The van der Waals surface area contributed by atoms with Crippen molar-refractivity contribution in [3.05, 3.63) is 62.0 Å². The number of thiazole rings is 1. The van der Waals surface area contributed by atoms with Crippen LogP contribution in [-0.2, 0) is 30.7 Å². The number of rotatable bonds is 6. The highest BCUT2D eigenvalue weighted by Crippen LogP contribution is 2.26. The number of pyridine rings is 1. The number of aryl methyl sites for hydroxylation is 1. The molecular formula is C21H22N4O2S3. The monoisotopic (exact) mass is 458 g/mol. The maximum Gasteiger partial charge on any atom is 0.273 e. The second-order valence-corrected chi connectivity index (χ2v) is 9.78. The molecule has 0 unspecified atom stereocenters. The zero-order valence-corrected chi connectivity index (χ0v) is 19.3. The number of hydrogen-bond donors (Lipinski definition) is 1. The third kappa shape index (κ3) is 4.58. The second kappa shape index (κ2) is 9.28. The molecule has 0 atom stereocenters. The van der Waals surface area contributed by atoms with E-state index in [0.717, 1.165) is 33.1 Å². The molecule has 0 aliphatic carbocycles. The highest BCUT2D eigenvalue weighted by atomic mass is 32.2. The number of hydrogen-bond acceptors (Lipinski definition) is 7. The molecule has 1 aliphatic heterocycles. The maximum absolute atomic E-state index is 12.8. The molecule has 0 saturated heterocycles. The maximum atomic E-state index is 12.8. The summed E-state index contributed by atoms with van der Waals surface area (Å²) in [5, 5.41) is 8.83. The van der Waals surface area contributed by atoms with E-state index in [-0.39, 0.29) is 11.8 Å². The first-order valence-electron chi connectivity index (χ1n) is 9.58. The van der Waals surface area contributed by atoms with Crippen molar-refractivity contribution in [1.29, 1.82) is 0 Å². The summed E-state index contributed by atoms with van der Waals surface area (Å²) in [4.78, 5) is 35.9. The van der Waals surface area contributed by atoms with Gasteiger partial charge in [0.2, 0.25) is 5.91 Å². The first-order chi connectivity index (χ1) is 14.5. The highest BCUT2D eigenvalue weighted by Gasteiger charge is 2.26. The molecule has 3 aromatic rings. The Hall–Kier alpha value is -2.23. The molecule has 3 aromatic heterocycles. The molecule has 4 heterocycles. The van der Waals surface area contributed by atoms with Gasteiger partial charge in [-0.15, -0.1) is 11.3 Å². The van der Waals surface area contributed by atoms with Gasteiger partial charge in [0.25, 0.3) is 5.91 Å². The molecule has 9 heteroatoms. The predicted octanol–water partition coefficient (Wildman–Crippen LogP) is 3.69. The summed E-state index contributed by atoms with van der Waals surface area (Å²) < 4.78 is 0.897. The number of carbonyl (C=O) groups excluding carboxylic acids is 2. The highest BCUT2D eigenvalue weighted by molar-refractivity contribution is 8.00. The van der Waals surface area contributed by atoms with Gasteiger partial charge in [0.05, 0.1) is 6.42 Å². The molecule has 0 aromatic carbocycles. The van der Waals surface area contributed by atoms with Gasteiger partial charge in [0.15, 0.2) is 0 Å². The van der Waals surface area contributed by atoms with Crippen molar-refractivity contribution in [3.8, 4) is 0 Å². The SMILES string of the molecule is CSc1nc(C(=O)N2CCc3c(cnc(C)c3CNC(=O)Cc3ccsc3)C2)cs1. The predicted molar refractivity (Wildman–Crippen MR) is 121 cm³/mol. The fourth-order valence-corrected chi connectivity index (χ4v) is 5.47. The van der Waals surface area contributed by atoms with Crippen molar-refractivity contribution in [2.75, 3.05) is 12.8 Å². The Kier molecular flexibility index (Phi) is 6.50. The summed E-state index contributed by atoms with van der Waals surface area (Å²) >= 11 is 4.64. The van der Waals surface area contributed by atoms with Crippen LogP contribution in [0.3, 0.4) is 0 Å². The zero-order valence-electron chi connectivity index (χ0n) is 16.8. The fourth-order valence-electron chi connectivity index (χ4n) is 3.57. The number of nitrogens with one attached hydrogen (secondary N) is 1. The minimum atomic E-state index is -0.0385. The third-order valence-electron chi connectivity index (χ3n) is 5.17. The number of aromatic nitrogens is 2. The lowest BCUT2D eigenvalue weighted by Gasteiger charge is -2.30. The van der Waals surface area contributed by atoms with Crippen molar-refractivity contribution in [2.24, 2.45) is 0 Å². The first kappa shape index (κ1) is 21.0. The van der Waals surface area contributed by atoms with Crippen molar-refractivity contribution < 1.29 is 9.59 Å². The summed E-state index contributed by atoms with van der Waals surface area (Å²) in [5.74, 6) is -0.0328. The molecule has 156 valence electrons. The third-order valence-corrected chi connectivity index (χ3v) is 7.76. The van der Waals surface area contributed by atoms with Crippen LogP contribution in [0.4, 0.5) is 0 Å². The van der Waals surface area contributed by atoms with Gasteiger partial charge in [-0.25, -0.2) is 4.98 Å². The molecule has 2 amide bonds. The molecule has 0 fully saturated rings. The van der Waals surface area contributed by atoms with E-state index < -0.39 is 0 Å². The molecule has 1 aliphatic rings. The molecule has 4 rings (SSSR count). The van der Waals surface area contributed by atoms with Crippen LogP contribution in [0.5, 0.6) is 0 Å². The topological polar surface area (TPSA) is 75.2 Å². The van der Waals surface area contributed by atoms with Crippen LogP contribution in [0.25, 0.3) is 0 Å². The Labute approximate surface area is 187 Å². The van der Waals surface area contributed by atoms with Crippen molar-refractivity contribution in [2.45, 2.75) is 37.2 Å². The number of thiophene rings is 1. The zero-order chi connectivity index (χ0) is 21.1. The lowest BCUT2D eigenvalue weighted by atomic mass is 9.94. The number of fused-ring (bicyclic) bond motifs is 1. The summed E-state index contributed by atoms with van der Waals surface area (Å²) in [6, 6.07) is 1.97. The largest absolute Gasteiger partial charge is 0.352 e. The fraction of sp³-hybridized carbons (Fsp3) is 0.333. The van der Waals surface area contributed by atoms with Gasteiger partial charge in [-0.3, -0.25) is 14.6 Å². The van der Waals surface area contributed by atoms with Crippen LogP contribution in [0.15, 0.2) is 32.7 Å². The van der Waals surface area contributed by atoms with Crippen molar-refractivity contribution >= 4 is 46.2 Å². The Balaban J connectivity index is 1.45. The number of amides is 2. The van der Waals surface area contributed by atoms with Crippen LogP contribution >= 0.6 is 34.4 Å². The molecule has 0 saturated carbocycles. The van der Waals surface area contributed by atoms with E-state index in [2.05, 4.69) is 15.3 Å². The normalized spacial score (nSPS) is 13.2. The van der Waals surface area contributed by atoms with Crippen LogP contribution < -0.4 is 5.32 Å². The summed E-state index contributed by atoms with van der Waals surface area (Å²) in [5.41, 5.74) is 5.77. The number of carbonyl (C=O) groups is 2. The number of thioether (sulfide) groups is 1. The van der Waals surface area contributed by atoms with Gasteiger partial charge in [0, 0.05) is 36.9 Å². The van der Waals surface area contributed by atoms with Crippen LogP contribution in [0, 0.1) is 6.92 Å². The lowest BCUT2D eigenvalue weighted by Crippen LogP contribution is -2.37. The minimum absolute atomic E-state index is 0.00569. The van der Waals surface area contributed by atoms with Gasteiger partial charge in [-0.05, 0) is 58.7 Å². The van der Waals surface area contributed by atoms with E-state index >= 15 is 0 Å². The minimum Gasteiger partial charge on any atom is -0.352 e. The van der Waals surface area contributed by atoms with E-state index in [1.165, 1.54) is 16.9 Å². The van der Waals surface area contributed by atoms with Crippen LogP contribution in [0.2, 0.25) is 0 Å². The summed E-state index contributed by atoms with van der Waals surface area (Å²) in [6.45, 7) is 3.58. The molecule has 0 bridgehead atoms. The van der Waals surface area contributed by atoms with E-state index in [1.54, 1.807) is 23.1 Å². The Bertz CT molecular complexity index is 1060. The molecule has 0 radical (unpaired) electrons. The number of nitrogens with zero attached hydrogens (tertiary/aromatic N) is 3. The van der Waals surface area contributed by atoms with E-state index in [9.17, 15) is 9.59 Å². The molecule has 6 nitrogen and oxygen atoms in total. The quantitative estimate of drug-likeness (QED) is 0.570. The second-order valence-electron chi connectivity index (χ2n) is 7.09. The van der Waals surface area contributed by atoms with E-state index in [1.807, 2.05) is 46.5 Å². The average Bonchev–Trinajstić information content (AvgIpc) is 3.44. The Morgan fingerprint density at radius 1 is 1.33 bits per heavy atom. The average molecular weight is 459 g/mol. The van der Waals surface area contributed by atoms with Gasteiger partial charge >= 0.3 is 0 Å². The van der Waals surface area contributed by atoms with Gasteiger partial charge < -0.3 is 10.2 Å². The smallest absolute Gasteiger partial charge is 0.273 e. The van der Waals surface area contributed by atoms with Gasteiger partial charge in [-0.2, -0.15) is 11.3 Å². The van der Waals surface area contributed by atoms with E-state index in [0.29, 0.717) is 31.7 Å². The van der Waals surface area contributed by atoms with Gasteiger partial charge in [-0.1, -0.05) is 11.8 Å². The summed E-state index contributed by atoms with van der Waals surface area (Å²) in [7, 11) is 0. The van der Waals surface area contributed by atoms with Gasteiger partial charge in [0.1, 0.15) is 10.0 Å². The molecule has 30 heavy (non-hydrogen) atoms.